The van der Waals surface area contributed by atoms with Gasteiger partial charge in [-0.1, -0.05) is 13.8 Å². The third kappa shape index (κ3) is 1.17. The van der Waals surface area contributed by atoms with E-state index in [9.17, 15) is 0 Å². The van der Waals surface area contributed by atoms with Crippen LogP contribution in [0.3, 0.4) is 0 Å². The van der Waals surface area contributed by atoms with Crippen molar-refractivity contribution in [1.29, 1.82) is 0 Å². The molecule has 0 spiro atoms. The summed E-state index contributed by atoms with van der Waals surface area (Å²) in [5.41, 5.74) is 0. The van der Waals surface area contributed by atoms with Crippen molar-refractivity contribution >= 4 is 0 Å². The van der Waals surface area contributed by atoms with Crippen LogP contribution in [0, 0.1) is 47.3 Å². The van der Waals surface area contributed by atoms with Crippen LogP contribution < -0.4 is 0 Å². The Morgan fingerprint density at radius 1 is 0.625 bits per heavy atom. The van der Waals surface area contributed by atoms with Crippen molar-refractivity contribution < 1.29 is 0 Å². The zero-order valence-electron chi connectivity index (χ0n) is 10.9. The molecule has 6 aliphatic rings. The summed E-state index contributed by atoms with van der Waals surface area (Å²) in [7, 11) is 0. The molecule has 6 saturated carbocycles. The lowest BCUT2D eigenvalue weighted by Gasteiger charge is -2.60. The standard InChI is InChI=1S/C16H26/c1-9-5-16(13-6-12(9)7-13)14-4-3-11-8-15(14)10(11)2/h9-16H,3-8H2,1-2H3. The van der Waals surface area contributed by atoms with Gasteiger partial charge >= 0.3 is 0 Å². The molecule has 0 heterocycles. The second kappa shape index (κ2) is 3.27. The number of rotatable bonds is 1. The van der Waals surface area contributed by atoms with E-state index in [2.05, 4.69) is 13.8 Å². The fraction of sp³-hybridized carbons (Fsp3) is 1.00. The van der Waals surface area contributed by atoms with Gasteiger partial charge < -0.3 is 0 Å². The van der Waals surface area contributed by atoms with Crippen molar-refractivity contribution in [2.45, 2.75) is 52.4 Å². The van der Waals surface area contributed by atoms with Crippen LogP contribution in [0.1, 0.15) is 52.4 Å². The SMILES string of the molecule is CC1CC(C2CCC3CC2C3C)C2CC1C2. The molecule has 0 amide bonds. The van der Waals surface area contributed by atoms with E-state index in [4.69, 9.17) is 0 Å². The molecule has 6 aliphatic carbocycles. The molecular formula is C16H26. The van der Waals surface area contributed by atoms with Crippen LogP contribution in [0.15, 0.2) is 0 Å². The fourth-order valence-corrected chi connectivity index (χ4v) is 5.89. The Bertz CT molecular complexity index is 278. The predicted molar refractivity (Wildman–Crippen MR) is 67.0 cm³/mol. The van der Waals surface area contributed by atoms with E-state index in [1.165, 1.54) is 0 Å². The minimum atomic E-state index is 1.06. The minimum Gasteiger partial charge on any atom is -0.0622 e. The molecule has 0 heteroatoms. The molecule has 0 aromatic carbocycles. The largest absolute Gasteiger partial charge is 0.0622 e. The summed E-state index contributed by atoms with van der Waals surface area (Å²) >= 11 is 0. The molecule has 6 unspecified atom stereocenters. The molecule has 0 radical (unpaired) electrons. The van der Waals surface area contributed by atoms with Gasteiger partial charge in [0.1, 0.15) is 0 Å². The Labute approximate surface area is 100 Å². The molecule has 90 valence electrons. The van der Waals surface area contributed by atoms with Crippen LogP contribution >= 0.6 is 0 Å². The normalized spacial score (nSPS) is 63.4. The molecular weight excluding hydrogens is 192 g/mol. The van der Waals surface area contributed by atoms with Crippen LogP contribution in [0.2, 0.25) is 0 Å². The average Bonchev–Trinajstić information content (AvgIpc) is 2.26. The molecule has 0 saturated heterocycles. The lowest BCUT2D eigenvalue weighted by molar-refractivity contribution is -0.108. The van der Waals surface area contributed by atoms with Gasteiger partial charge in [-0.3, -0.25) is 0 Å². The number of fused-ring (bicyclic) bond motifs is 5. The molecule has 0 N–H and O–H groups in total. The molecule has 0 aromatic heterocycles. The van der Waals surface area contributed by atoms with Crippen molar-refractivity contribution in [3.63, 3.8) is 0 Å². The first kappa shape index (κ1) is 9.97. The Hall–Kier alpha value is 0. The molecule has 0 nitrogen and oxygen atoms in total. The van der Waals surface area contributed by atoms with E-state index in [0.717, 1.165) is 47.3 Å². The minimum absolute atomic E-state index is 1.06. The molecule has 0 aliphatic heterocycles. The summed E-state index contributed by atoms with van der Waals surface area (Å²) in [5, 5.41) is 0. The highest BCUT2D eigenvalue weighted by Gasteiger charge is 2.53. The van der Waals surface area contributed by atoms with Gasteiger partial charge in [0.25, 0.3) is 0 Å². The number of hydrogen-bond acceptors (Lipinski definition) is 0. The van der Waals surface area contributed by atoms with Gasteiger partial charge in [0.2, 0.25) is 0 Å². The van der Waals surface area contributed by atoms with E-state index >= 15 is 0 Å². The third-order valence-corrected chi connectivity index (χ3v) is 7.23. The van der Waals surface area contributed by atoms with Crippen molar-refractivity contribution in [3.05, 3.63) is 0 Å². The first-order valence-electron chi connectivity index (χ1n) is 7.74. The highest BCUT2D eigenvalue weighted by Crippen LogP contribution is 2.62. The molecule has 4 bridgehead atoms. The maximum atomic E-state index is 2.54. The summed E-state index contributed by atoms with van der Waals surface area (Å²) in [6.07, 6.45) is 9.57. The second-order valence-corrected chi connectivity index (χ2v) is 7.63. The maximum Gasteiger partial charge on any atom is -0.0352 e. The van der Waals surface area contributed by atoms with E-state index in [1.54, 1.807) is 38.5 Å². The fourth-order valence-electron chi connectivity index (χ4n) is 5.89. The third-order valence-electron chi connectivity index (χ3n) is 7.23. The van der Waals surface area contributed by atoms with Gasteiger partial charge in [-0.25, -0.2) is 0 Å². The predicted octanol–water partition coefficient (Wildman–Crippen LogP) is 4.35. The zero-order valence-corrected chi connectivity index (χ0v) is 10.9. The van der Waals surface area contributed by atoms with Crippen LogP contribution in [0.25, 0.3) is 0 Å². The van der Waals surface area contributed by atoms with E-state index in [-0.39, 0.29) is 0 Å². The quantitative estimate of drug-likeness (QED) is 0.614. The van der Waals surface area contributed by atoms with E-state index in [1.807, 2.05) is 0 Å². The topological polar surface area (TPSA) is 0 Å². The summed E-state index contributed by atoms with van der Waals surface area (Å²) in [4.78, 5) is 0. The molecule has 6 atom stereocenters. The Morgan fingerprint density at radius 3 is 2.06 bits per heavy atom. The summed E-state index contributed by atoms with van der Waals surface area (Å²) in [5.74, 6) is 9.02. The zero-order chi connectivity index (χ0) is 10.9. The lowest BCUT2D eigenvalue weighted by atomic mass is 9.45. The van der Waals surface area contributed by atoms with Crippen LogP contribution in [0.4, 0.5) is 0 Å². The Balaban J connectivity index is 1.52. The lowest BCUT2D eigenvalue weighted by Crippen LogP contribution is -2.52. The average molecular weight is 218 g/mol. The smallest absolute Gasteiger partial charge is 0.0352 e. The first-order chi connectivity index (χ1) is 7.74. The summed E-state index contributed by atoms with van der Waals surface area (Å²) in [6, 6.07) is 0. The highest BCUT2D eigenvalue weighted by atomic mass is 14.6. The van der Waals surface area contributed by atoms with Gasteiger partial charge in [0, 0.05) is 0 Å². The van der Waals surface area contributed by atoms with Crippen LogP contribution in [-0.2, 0) is 0 Å². The van der Waals surface area contributed by atoms with Crippen LogP contribution in [-0.4, -0.2) is 0 Å². The highest BCUT2D eigenvalue weighted by molar-refractivity contribution is 5.03. The molecule has 16 heavy (non-hydrogen) atoms. The van der Waals surface area contributed by atoms with Gasteiger partial charge in [-0.05, 0) is 85.9 Å². The van der Waals surface area contributed by atoms with Crippen molar-refractivity contribution in [2.24, 2.45) is 47.3 Å². The van der Waals surface area contributed by atoms with Gasteiger partial charge in [0.05, 0.1) is 0 Å². The van der Waals surface area contributed by atoms with Gasteiger partial charge in [-0.2, -0.15) is 0 Å². The molecule has 6 fully saturated rings. The monoisotopic (exact) mass is 218 g/mol. The molecule has 6 rings (SSSR count). The summed E-state index contributed by atoms with van der Waals surface area (Å²) < 4.78 is 0. The van der Waals surface area contributed by atoms with Gasteiger partial charge in [0.15, 0.2) is 0 Å². The Morgan fingerprint density at radius 2 is 1.44 bits per heavy atom. The van der Waals surface area contributed by atoms with E-state index < -0.39 is 0 Å². The van der Waals surface area contributed by atoms with E-state index in [0.29, 0.717) is 0 Å². The summed E-state index contributed by atoms with van der Waals surface area (Å²) in [6.45, 7) is 5.07. The first-order valence-corrected chi connectivity index (χ1v) is 7.74. The van der Waals surface area contributed by atoms with Crippen molar-refractivity contribution in [1.82, 2.24) is 0 Å². The molecule has 0 aromatic rings. The Kier molecular flexibility index (Phi) is 2.04. The maximum absolute atomic E-state index is 2.54. The second-order valence-electron chi connectivity index (χ2n) is 7.63. The van der Waals surface area contributed by atoms with Crippen molar-refractivity contribution in [3.8, 4) is 0 Å². The van der Waals surface area contributed by atoms with Crippen LogP contribution in [0.5, 0.6) is 0 Å². The number of hydrogen-bond donors (Lipinski definition) is 0. The van der Waals surface area contributed by atoms with Crippen molar-refractivity contribution in [2.75, 3.05) is 0 Å². The van der Waals surface area contributed by atoms with Gasteiger partial charge in [-0.15, -0.1) is 0 Å².